The van der Waals surface area contributed by atoms with Crippen molar-refractivity contribution in [3.8, 4) is 5.69 Å². The Morgan fingerprint density at radius 1 is 1.03 bits per heavy atom. The molecule has 0 spiro atoms. The molecule has 9 heteroatoms. The minimum atomic E-state index is -0.598. The number of rotatable bonds is 6. The van der Waals surface area contributed by atoms with Crippen LogP contribution >= 0.6 is 0 Å². The van der Waals surface area contributed by atoms with Crippen molar-refractivity contribution < 1.29 is 4.92 Å². The van der Waals surface area contributed by atoms with Crippen molar-refractivity contribution >= 4 is 16.7 Å². The number of nitro groups is 1. The molecule has 3 heterocycles. The van der Waals surface area contributed by atoms with Gasteiger partial charge in [-0.25, -0.2) is 14.3 Å². The normalized spacial score (nSPS) is 11.6. The highest BCUT2D eigenvalue weighted by Gasteiger charge is 2.24. The minimum absolute atomic E-state index is 0.153. The summed E-state index contributed by atoms with van der Waals surface area (Å²) in [6.45, 7) is 6.17. The van der Waals surface area contributed by atoms with Crippen molar-refractivity contribution in [3.63, 3.8) is 0 Å². The van der Waals surface area contributed by atoms with Crippen LogP contribution in [0.15, 0.2) is 70.5 Å². The van der Waals surface area contributed by atoms with Gasteiger partial charge >= 0.3 is 5.69 Å². The predicted octanol–water partition coefficient (Wildman–Crippen LogP) is 3.53. The van der Waals surface area contributed by atoms with Gasteiger partial charge in [0.25, 0.3) is 11.2 Å². The summed E-state index contributed by atoms with van der Waals surface area (Å²) < 4.78 is 2.42. The Hall–Kier alpha value is -4.14. The lowest BCUT2D eigenvalue weighted by atomic mass is 9.84. The number of non-ortho nitro benzene ring substituents is 1. The number of nitro benzene ring substituents is 1. The Morgan fingerprint density at radius 3 is 2.55 bits per heavy atom. The van der Waals surface area contributed by atoms with E-state index in [-0.39, 0.29) is 29.0 Å². The number of pyridine rings is 2. The molecule has 0 amide bonds. The van der Waals surface area contributed by atoms with E-state index in [4.69, 9.17) is 0 Å². The van der Waals surface area contributed by atoms with Crippen LogP contribution < -0.4 is 11.2 Å². The molecule has 3 aromatic heterocycles. The Morgan fingerprint density at radius 2 is 1.82 bits per heavy atom. The van der Waals surface area contributed by atoms with E-state index in [1.54, 1.807) is 24.4 Å². The van der Waals surface area contributed by atoms with Crippen LogP contribution in [0.2, 0.25) is 0 Å². The van der Waals surface area contributed by atoms with Gasteiger partial charge in [0.2, 0.25) is 0 Å². The van der Waals surface area contributed by atoms with Gasteiger partial charge in [-0.1, -0.05) is 19.9 Å². The fraction of sp³-hybridized carbons (Fsp3) is 0.250. The predicted molar refractivity (Wildman–Crippen MR) is 125 cm³/mol. The first-order valence-corrected chi connectivity index (χ1v) is 10.5. The van der Waals surface area contributed by atoms with Crippen LogP contribution in [0, 0.1) is 17.0 Å². The first-order chi connectivity index (χ1) is 15.7. The molecule has 0 bridgehead atoms. The largest absolute Gasteiger partial charge is 0.337 e. The van der Waals surface area contributed by atoms with Crippen LogP contribution in [-0.4, -0.2) is 24.0 Å². The van der Waals surface area contributed by atoms with Gasteiger partial charge in [0.05, 0.1) is 16.0 Å². The quantitative estimate of drug-likeness (QED) is 0.331. The summed E-state index contributed by atoms with van der Waals surface area (Å²) in [4.78, 5) is 46.1. The molecule has 1 aromatic carbocycles. The maximum absolute atomic E-state index is 13.5. The summed E-state index contributed by atoms with van der Waals surface area (Å²) in [7, 11) is 0. The highest BCUT2D eigenvalue weighted by Crippen LogP contribution is 2.26. The standard InChI is InChI=1S/C24H23N5O4/c1-16-9-12-25-20(14-16)24(2,3)10-13-27-22(30)19-8-5-11-26-21(19)28(23(27)31)17-6-4-7-18(15-17)29(32)33/h4-9,11-12,14-15H,10,13H2,1-3H3. The van der Waals surface area contributed by atoms with Crippen LogP contribution in [0.3, 0.4) is 0 Å². The molecule has 33 heavy (non-hydrogen) atoms. The maximum atomic E-state index is 13.5. The molecule has 0 saturated heterocycles. The van der Waals surface area contributed by atoms with E-state index in [9.17, 15) is 19.7 Å². The fourth-order valence-electron chi connectivity index (χ4n) is 3.79. The van der Waals surface area contributed by atoms with Gasteiger partial charge in [0, 0.05) is 42.2 Å². The molecule has 0 aliphatic rings. The fourth-order valence-corrected chi connectivity index (χ4v) is 3.79. The summed E-state index contributed by atoms with van der Waals surface area (Å²) in [5, 5.41) is 11.5. The van der Waals surface area contributed by atoms with Crippen LogP contribution in [-0.2, 0) is 12.0 Å². The molecule has 4 aromatic rings. The van der Waals surface area contributed by atoms with Crippen molar-refractivity contribution in [2.45, 2.75) is 39.2 Å². The van der Waals surface area contributed by atoms with E-state index in [1.807, 2.05) is 32.9 Å². The molecule has 0 atom stereocenters. The third-order valence-electron chi connectivity index (χ3n) is 5.76. The van der Waals surface area contributed by atoms with Crippen LogP contribution in [0.25, 0.3) is 16.7 Å². The van der Waals surface area contributed by atoms with E-state index < -0.39 is 21.6 Å². The molecule has 168 valence electrons. The van der Waals surface area contributed by atoms with Crippen molar-refractivity contribution in [1.82, 2.24) is 19.1 Å². The van der Waals surface area contributed by atoms with Gasteiger partial charge in [0.1, 0.15) is 0 Å². The van der Waals surface area contributed by atoms with E-state index in [0.717, 1.165) is 11.3 Å². The van der Waals surface area contributed by atoms with Crippen molar-refractivity contribution in [2.24, 2.45) is 0 Å². The minimum Gasteiger partial charge on any atom is -0.268 e. The molecule has 0 aliphatic carbocycles. The molecule has 0 N–H and O–H groups in total. The zero-order valence-electron chi connectivity index (χ0n) is 18.6. The molecule has 4 rings (SSSR count). The van der Waals surface area contributed by atoms with Gasteiger partial charge in [0.15, 0.2) is 5.65 Å². The molecule has 0 saturated carbocycles. The Bertz CT molecular complexity index is 1490. The molecular weight excluding hydrogens is 422 g/mol. The molecule has 0 unspecified atom stereocenters. The Balaban J connectivity index is 1.85. The number of aryl methyl sites for hydroxylation is 1. The summed E-state index contributed by atoms with van der Waals surface area (Å²) in [5.41, 5.74) is 0.783. The number of nitrogens with zero attached hydrogens (tertiary/aromatic N) is 5. The lowest BCUT2D eigenvalue weighted by Gasteiger charge is -2.25. The number of benzene rings is 1. The van der Waals surface area contributed by atoms with Crippen LogP contribution in [0.4, 0.5) is 5.69 Å². The summed E-state index contributed by atoms with van der Waals surface area (Å²) in [6.07, 6.45) is 3.71. The monoisotopic (exact) mass is 445 g/mol. The lowest BCUT2D eigenvalue weighted by Crippen LogP contribution is -2.41. The topological polar surface area (TPSA) is 113 Å². The summed E-state index contributed by atoms with van der Waals surface area (Å²) in [6, 6.07) is 12.8. The smallest absolute Gasteiger partial charge is 0.268 e. The highest BCUT2D eigenvalue weighted by molar-refractivity contribution is 5.75. The molecule has 0 aliphatic heterocycles. The first-order valence-electron chi connectivity index (χ1n) is 10.5. The van der Waals surface area contributed by atoms with Crippen LogP contribution in [0.1, 0.15) is 31.5 Å². The van der Waals surface area contributed by atoms with Gasteiger partial charge < -0.3 is 0 Å². The van der Waals surface area contributed by atoms with Gasteiger partial charge in [-0.2, -0.15) is 0 Å². The van der Waals surface area contributed by atoms with E-state index >= 15 is 0 Å². The third kappa shape index (κ3) is 4.17. The van der Waals surface area contributed by atoms with E-state index in [0.29, 0.717) is 6.42 Å². The number of fused-ring (bicyclic) bond motifs is 1. The second-order valence-electron chi connectivity index (χ2n) is 8.58. The summed E-state index contributed by atoms with van der Waals surface area (Å²) >= 11 is 0. The SMILES string of the molecule is Cc1ccnc(C(C)(C)CCn2c(=O)c3cccnc3n(-c3cccc([N+](=O)[O-])c3)c2=O)c1. The second kappa shape index (κ2) is 8.42. The van der Waals surface area contributed by atoms with E-state index in [1.165, 1.54) is 33.5 Å². The maximum Gasteiger partial charge on any atom is 0.337 e. The zero-order chi connectivity index (χ0) is 23.8. The average molecular weight is 445 g/mol. The average Bonchev–Trinajstić information content (AvgIpc) is 2.79. The Labute approximate surface area is 189 Å². The highest BCUT2D eigenvalue weighted by atomic mass is 16.6. The van der Waals surface area contributed by atoms with Crippen molar-refractivity contribution in [2.75, 3.05) is 0 Å². The lowest BCUT2D eigenvalue weighted by molar-refractivity contribution is -0.384. The number of aromatic nitrogens is 4. The van der Waals surface area contributed by atoms with Crippen molar-refractivity contribution in [3.05, 3.63) is 103 Å². The third-order valence-corrected chi connectivity index (χ3v) is 5.76. The molecular formula is C24H23N5O4. The number of hydrogen-bond acceptors (Lipinski definition) is 6. The Kier molecular flexibility index (Phi) is 5.63. The summed E-state index contributed by atoms with van der Waals surface area (Å²) in [5.74, 6) is 0. The van der Waals surface area contributed by atoms with Gasteiger partial charge in [-0.05, 0) is 49.2 Å². The zero-order valence-corrected chi connectivity index (χ0v) is 18.6. The number of hydrogen-bond donors (Lipinski definition) is 0. The second-order valence-corrected chi connectivity index (χ2v) is 8.58. The van der Waals surface area contributed by atoms with Crippen LogP contribution in [0.5, 0.6) is 0 Å². The van der Waals surface area contributed by atoms with Gasteiger partial charge in [-0.3, -0.25) is 24.5 Å². The van der Waals surface area contributed by atoms with Gasteiger partial charge in [-0.15, -0.1) is 0 Å². The molecule has 9 nitrogen and oxygen atoms in total. The first kappa shape index (κ1) is 22.1. The van der Waals surface area contributed by atoms with E-state index in [2.05, 4.69) is 9.97 Å². The molecule has 0 fully saturated rings. The van der Waals surface area contributed by atoms with Crippen molar-refractivity contribution in [1.29, 1.82) is 0 Å². The molecule has 0 radical (unpaired) electrons.